The van der Waals surface area contributed by atoms with Gasteiger partial charge in [-0.1, -0.05) is 53.8 Å². The van der Waals surface area contributed by atoms with Crippen LogP contribution < -0.4 is 14.8 Å². The van der Waals surface area contributed by atoms with E-state index in [2.05, 4.69) is 28.3 Å². The Kier molecular flexibility index (Phi) is 4.33. The van der Waals surface area contributed by atoms with Gasteiger partial charge in [0.2, 0.25) is 4.96 Å². The van der Waals surface area contributed by atoms with Crippen molar-refractivity contribution in [3.05, 3.63) is 87.2 Å². The second-order valence-corrected chi connectivity index (χ2v) is 7.58. The SMILES string of the molecule is CCOc1ccc(-c2nc3s/c(=C\c4cccc5ccccc45)c(=O)n3n2)cc1. The zero-order valence-electron chi connectivity index (χ0n) is 15.7. The Morgan fingerprint density at radius 2 is 1.83 bits per heavy atom. The molecule has 3 aromatic carbocycles. The van der Waals surface area contributed by atoms with Crippen LogP contribution in [0.4, 0.5) is 0 Å². The number of nitrogens with zero attached hydrogens (tertiary/aromatic N) is 3. The summed E-state index contributed by atoms with van der Waals surface area (Å²) in [6, 6.07) is 21.8. The molecule has 0 saturated heterocycles. The van der Waals surface area contributed by atoms with Crippen LogP contribution in [-0.4, -0.2) is 21.2 Å². The van der Waals surface area contributed by atoms with Gasteiger partial charge in [0, 0.05) is 5.56 Å². The quantitative estimate of drug-likeness (QED) is 0.460. The van der Waals surface area contributed by atoms with Gasteiger partial charge < -0.3 is 4.74 Å². The van der Waals surface area contributed by atoms with E-state index in [-0.39, 0.29) is 5.56 Å². The molecule has 0 spiro atoms. The first-order chi connectivity index (χ1) is 14.2. The molecule has 0 atom stereocenters. The third kappa shape index (κ3) is 3.17. The number of rotatable bonds is 4. The van der Waals surface area contributed by atoms with Crippen molar-refractivity contribution in [1.82, 2.24) is 14.6 Å². The monoisotopic (exact) mass is 399 g/mol. The molecule has 2 heterocycles. The van der Waals surface area contributed by atoms with Crippen LogP contribution in [0, 0.1) is 0 Å². The molecule has 29 heavy (non-hydrogen) atoms. The van der Waals surface area contributed by atoms with Gasteiger partial charge in [-0.3, -0.25) is 4.79 Å². The van der Waals surface area contributed by atoms with Crippen LogP contribution >= 0.6 is 11.3 Å². The normalized spacial score (nSPS) is 12.1. The van der Waals surface area contributed by atoms with Gasteiger partial charge >= 0.3 is 0 Å². The molecule has 142 valence electrons. The van der Waals surface area contributed by atoms with Crippen molar-refractivity contribution in [3.63, 3.8) is 0 Å². The van der Waals surface area contributed by atoms with E-state index >= 15 is 0 Å². The number of benzene rings is 3. The molecule has 0 aliphatic rings. The van der Waals surface area contributed by atoms with Gasteiger partial charge in [-0.15, -0.1) is 5.10 Å². The lowest BCUT2D eigenvalue weighted by Crippen LogP contribution is -2.23. The van der Waals surface area contributed by atoms with Crippen LogP contribution in [-0.2, 0) is 0 Å². The first kappa shape index (κ1) is 17.6. The van der Waals surface area contributed by atoms with Gasteiger partial charge in [-0.2, -0.15) is 9.50 Å². The second-order valence-electron chi connectivity index (χ2n) is 6.57. The van der Waals surface area contributed by atoms with E-state index in [0.29, 0.717) is 21.9 Å². The number of hydrogen-bond donors (Lipinski definition) is 0. The maximum absolute atomic E-state index is 12.9. The highest BCUT2D eigenvalue weighted by Gasteiger charge is 2.12. The summed E-state index contributed by atoms with van der Waals surface area (Å²) in [5.74, 6) is 1.34. The highest BCUT2D eigenvalue weighted by atomic mass is 32.1. The number of hydrogen-bond acceptors (Lipinski definition) is 5. The highest BCUT2D eigenvalue weighted by molar-refractivity contribution is 7.15. The Labute approximate surface area is 170 Å². The minimum atomic E-state index is -0.150. The van der Waals surface area contributed by atoms with Crippen molar-refractivity contribution in [1.29, 1.82) is 0 Å². The Morgan fingerprint density at radius 1 is 1.03 bits per heavy atom. The zero-order chi connectivity index (χ0) is 19.8. The lowest BCUT2D eigenvalue weighted by atomic mass is 10.0. The number of fused-ring (bicyclic) bond motifs is 2. The molecule has 0 bridgehead atoms. The van der Waals surface area contributed by atoms with Crippen molar-refractivity contribution in [3.8, 4) is 17.1 Å². The molecule has 5 aromatic rings. The van der Waals surface area contributed by atoms with E-state index in [1.165, 1.54) is 15.9 Å². The largest absolute Gasteiger partial charge is 0.494 e. The number of thiazole rings is 1. The molecule has 2 aromatic heterocycles. The average molecular weight is 399 g/mol. The standard InChI is InChI=1S/C23H17N3O2S/c1-2-28-18-12-10-16(11-13-18)21-24-23-26(25-21)22(27)20(29-23)14-17-8-5-7-15-6-3-4-9-19(15)17/h3-14H,2H2,1H3/b20-14-. The van der Waals surface area contributed by atoms with E-state index < -0.39 is 0 Å². The van der Waals surface area contributed by atoms with E-state index in [9.17, 15) is 4.79 Å². The van der Waals surface area contributed by atoms with Gasteiger partial charge in [-0.25, -0.2) is 0 Å². The van der Waals surface area contributed by atoms with Crippen LogP contribution in [0.25, 0.3) is 33.2 Å². The molecule has 0 aliphatic carbocycles. The van der Waals surface area contributed by atoms with Crippen LogP contribution in [0.3, 0.4) is 0 Å². The zero-order valence-corrected chi connectivity index (χ0v) is 16.5. The van der Waals surface area contributed by atoms with Crippen LogP contribution in [0.1, 0.15) is 12.5 Å². The maximum Gasteiger partial charge on any atom is 0.291 e. The van der Waals surface area contributed by atoms with Crippen LogP contribution in [0.2, 0.25) is 0 Å². The fourth-order valence-electron chi connectivity index (χ4n) is 3.34. The first-order valence-electron chi connectivity index (χ1n) is 9.35. The second kappa shape index (κ2) is 7.14. The Balaban J connectivity index is 1.57. The fourth-order valence-corrected chi connectivity index (χ4v) is 4.24. The van der Waals surface area contributed by atoms with Gasteiger partial charge in [-0.05, 0) is 53.6 Å². The summed E-state index contributed by atoms with van der Waals surface area (Å²) in [5, 5.41) is 6.68. The summed E-state index contributed by atoms with van der Waals surface area (Å²) < 4.78 is 7.47. The smallest absolute Gasteiger partial charge is 0.291 e. The molecular formula is C23H17N3O2S. The number of ether oxygens (including phenoxy) is 1. The third-order valence-corrected chi connectivity index (χ3v) is 5.67. The van der Waals surface area contributed by atoms with E-state index in [0.717, 1.165) is 27.6 Å². The molecule has 0 amide bonds. The molecule has 0 unspecified atom stereocenters. The molecule has 0 radical (unpaired) electrons. The summed E-state index contributed by atoms with van der Waals surface area (Å²) in [4.78, 5) is 18.0. The molecule has 6 heteroatoms. The summed E-state index contributed by atoms with van der Waals surface area (Å²) in [5.41, 5.74) is 1.71. The Morgan fingerprint density at radius 3 is 2.62 bits per heavy atom. The molecule has 0 fully saturated rings. The highest BCUT2D eigenvalue weighted by Crippen LogP contribution is 2.21. The molecule has 0 saturated carbocycles. The summed E-state index contributed by atoms with van der Waals surface area (Å²) >= 11 is 1.35. The van der Waals surface area contributed by atoms with Gasteiger partial charge in [0.15, 0.2) is 5.82 Å². The molecular weight excluding hydrogens is 382 g/mol. The third-order valence-electron chi connectivity index (χ3n) is 4.72. The predicted octanol–water partition coefficient (Wildman–Crippen LogP) is 3.92. The summed E-state index contributed by atoms with van der Waals surface area (Å²) in [6.45, 7) is 2.56. The van der Waals surface area contributed by atoms with Crippen molar-refractivity contribution < 1.29 is 4.74 Å². The molecule has 0 N–H and O–H groups in total. The van der Waals surface area contributed by atoms with Crippen LogP contribution in [0.5, 0.6) is 5.75 Å². The topological polar surface area (TPSA) is 56.5 Å². The summed E-state index contributed by atoms with van der Waals surface area (Å²) in [7, 11) is 0. The van der Waals surface area contributed by atoms with Crippen molar-refractivity contribution in [2.75, 3.05) is 6.61 Å². The lowest BCUT2D eigenvalue weighted by molar-refractivity contribution is 0.340. The van der Waals surface area contributed by atoms with Gasteiger partial charge in [0.1, 0.15) is 5.75 Å². The van der Waals surface area contributed by atoms with E-state index in [1.807, 2.05) is 61.5 Å². The van der Waals surface area contributed by atoms with Crippen molar-refractivity contribution >= 4 is 33.1 Å². The van der Waals surface area contributed by atoms with E-state index in [4.69, 9.17) is 4.74 Å². The van der Waals surface area contributed by atoms with Gasteiger partial charge in [0.05, 0.1) is 11.1 Å². The van der Waals surface area contributed by atoms with Crippen molar-refractivity contribution in [2.24, 2.45) is 0 Å². The number of aromatic nitrogens is 3. The van der Waals surface area contributed by atoms with E-state index in [1.54, 1.807) is 0 Å². The van der Waals surface area contributed by atoms with Crippen molar-refractivity contribution in [2.45, 2.75) is 6.92 Å². The minimum Gasteiger partial charge on any atom is -0.494 e. The minimum absolute atomic E-state index is 0.150. The molecule has 0 aliphatic heterocycles. The summed E-state index contributed by atoms with van der Waals surface area (Å²) in [6.07, 6.45) is 1.92. The molecule has 5 nitrogen and oxygen atoms in total. The Hall–Kier alpha value is -3.51. The average Bonchev–Trinajstić information content (AvgIpc) is 3.29. The lowest BCUT2D eigenvalue weighted by Gasteiger charge is -2.02. The van der Waals surface area contributed by atoms with Gasteiger partial charge in [0.25, 0.3) is 5.56 Å². The molecule has 5 rings (SSSR count). The predicted molar refractivity (Wildman–Crippen MR) is 116 cm³/mol. The first-order valence-corrected chi connectivity index (χ1v) is 10.2. The fraction of sp³-hybridized carbons (Fsp3) is 0.0870. The van der Waals surface area contributed by atoms with Crippen LogP contribution in [0.15, 0.2) is 71.5 Å². The maximum atomic E-state index is 12.9. The Bertz CT molecular complexity index is 1430.